The number of fused-ring (bicyclic) bond motifs is 2. The van der Waals surface area contributed by atoms with Crippen molar-refractivity contribution in [3.63, 3.8) is 0 Å². The predicted octanol–water partition coefficient (Wildman–Crippen LogP) is 6.44. The second-order valence-electron chi connectivity index (χ2n) is 7.43. The number of phenolic OH excluding ortho intramolecular Hbond substituents is 1. The summed E-state index contributed by atoms with van der Waals surface area (Å²) in [4.78, 5) is 28.7. The molecule has 2 heterocycles. The number of anilines is 1. The molecule has 1 unspecified atom stereocenters. The van der Waals surface area contributed by atoms with Gasteiger partial charge in [0.1, 0.15) is 5.58 Å². The van der Waals surface area contributed by atoms with E-state index in [9.17, 15) is 14.7 Å². The lowest BCUT2D eigenvalue weighted by atomic mass is 9.97. The topological polar surface area (TPSA) is 80.0 Å². The summed E-state index contributed by atoms with van der Waals surface area (Å²) >= 11 is 12.9. The zero-order valence-corrected chi connectivity index (χ0v) is 20.9. The van der Waals surface area contributed by atoms with E-state index >= 15 is 0 Å². The number of ether oxygens (including phenoxy) is 1. The van der Waals surface area contributed by atoms with E-state index in [0.717, 1.165) is 0 Å². The predicted molar refractivity (Wildman–Crippen MR) is 133 cm³/mol. The Morgan fingerprint density at radius 3 is 2.61 bits per heavy atom. The number of amides is 1. The van der Waals surface area contributed by atoms with Gasteiger partial charge in [0.15, 0.2) is 16.9 Å². The SMILES string of the molecule is COc1cc(C2c3c(oc4ccc(Br)cc4c3=O)C(=O)N2c2cccc(Cl)c2)cc(Br)c1O. The zero-order chi connectivity index (χ0) is 23.4. The van der Waals surface area contributed by atoms with Crippen LogP contribution in [-0.2, 0) is 0 Å². The van der Waals surface area contributed by atoms with Gasteiger partial charge in [-0.1, -0.05) is 33.6 Å². The molecule has 0 saturated carbocycles. The molecule has 33 heavy (non-hydrogen) atoms. The molecule has 0 fully saturated rings. The van der Waals surface area contributed by atoms with Gasteiger partial charge in [-0.15, -0.1) is 0 Å². The smallest absolute Gasteiger partial charge is 0.295 e. The Morgan fingerprint density at radius 2 is 1.88 bits per heavy atom. The molecule has 5 rings (SSSR count). The number of hydrogen-bond donors (Lipinski definition) is 1. The molecular formula is C24H14Br2ClNO5. The van der Waals surface area contributed by atoms with Crippen LogP contribution in [0.25, 0.3) is 11.0 Å². The first-order valence-electron chi connectivity index (χ1n) is 9.72. The van der Waals surface area contributed by atoms with Crippen molar-refractivity contribution < 1.29 is 19.1 Å². The van der Waals surface area contributed by atoms with Crippen LogP contribution < -0.4 is 15.1 Å². The Bertz CT molecular complexity index is 1520. The molecule has 0 spiro atoms. The normalized spacial score (nSPS) is 15.2. The molecule has 9 heteroatoms. The van der Waals surface area contributed by atoms with Crippen LogP contribution in [0, 0.1) is 0 Å². The largest absolute Gasteiger partial charge is 0.503 e. The summed E-state index contributed by atoms with van der Waals surface area (Å²) in [7, 11) is 1.42. The lowest BCUT2D eigenvalue weighted by molar-refractivity contribution is 0.0971. The fraction of sp³-hybridized carbons (Fsp3) is 0.0833. The number of hydrogen-bond acceptors (Lipinski definition) is 5. The summed E-state index contributed by atoms with van der Waals surface area (Å²) in [6.07, 6.45) is 0. The van der Waals surface area contributed by atoms with E-state index in [1.165, 1.54) is 12.0 Å². The Labute approximate surface area is 209 Å². The number of benzene rings is 3. The Morgan fingerprint density at radius 1 is 1.09 bits per heavy atom. The van der Waals surface area contributed by atoms with Gasteiger partial charge in [0, 0.05) is 15.2 Å². The second kappa shape index (κ2) is 8.20. The van der Waals surface area contributed by atoms with E-state index in [-0.39, 0.29) is 28.3 Å². The standard InChI is InChI=1S/C24H14Br2ClNO5/c1-32-18-8-11(7-16(26)22(18)30)20-19-21(29)15-9-12(25)5-6-17(15)33-23(19)24(31)28(20)14-4-2-3-13(27)10-14/h2-10,20,30H,1H3. The number of carbonyl (C=O) groups excluding carboxylic acids is 1. The highest BCUT2D eigenvalue weighted by atomic mass is 79.9. The van der Waals surface area contributed by atoms with Crippen molar-refractivity contribution in [3.05, 3.63) is 95.7 Å². The minimum atomic E-state index is -0.837. The van der Waals surface area contributed by atoms with Gasteiger partial charge in [-0.25, -0.2) is 0 Å². The summed E-state index contributed by atoms with van der Waals surface area (Å²) in [5, 5.41) is 11.1. The van der Waals surface area contributed by atoms with Gasteiger partial charge in [-0.05, 0) is 70.0 Å². The van der Waals surface area contributed by atoms with Crippen LogP contribution in [0.15, 0.2) is 72.8 Å². The highest BCUT2D eigenvalue weighted by molar-refractivity contribution is 9.10. The van der Waals surface area contributed by atoms with Gasteiger partial charge in [-0.2, -0.15) is 0 Å². The van der Waals surface area contributed by atoms with Crippen molar-refractivity contribution in [1.29, 1.82) is 0 Å². The van der Waals surface area contributed by atoms with Gasteiger partial charge in [-0.3, -0.25) is 14.5 Å². The van der Waals surface area contributed by atoms with Crippen LogP contribution in [0.1, 0.15) is 27.7 Å². The van der Waals surface area contributed by atoms with Crippen LogP contribution in [-0.4, -0.2) is 18.1 Å². The molecular weight excluding hydrogens is 578 g/mol. The molecule has 1 atom stereocenters. The number of rotatable bonds is 3. The number of nitrogens with zero attached hydrogens (tertiary/aromatic N) is 1. The van der Waals surface area contributed by atoms with Crippen LogP contribution in [0.5, 0.6) is 11.5 Å². The summed E-state index contributed by atoms with van der Waals surface area (Å²) in [6.45, 7) is 0. The van der Waals surface area contributed by atoms with Gasteiger partial charge in [0.2, 0.25) is 5.76 Å². The summed E-state index contributed by atoms with van der Waals surface area (Å²) in [5.41, 5.74) is 1.23. The molecule has 1 aliphatic heterocycles. The van der Waals surface area contributed by atoms with E-state index < -0.39 is 11.9 Å². The third-order valence-corrected chi connectivity index (χ3v) is 6.84. The average molecular weight is 592 g/mol. The molecule has 1 N–H and O–H groups in total. The fourth-order valence-electron chi connectivity index (χ4n) is 4.06. The van der Waals surface area contributed by atoms with Crippen molar-refractivity contribution in [2.45, 2.75) is 6.04 Å². The summed E-state index contributed by atoms with van der Waals surface area (Å²) in [5.74, 6) is -0.404. The molecule has 0 saturated heterocycles. The minimum absolute atomic E-state index is 0.0389. The van der Waals surface area contributed by atoms with Crippen LogP contribution in [0.3, 0.4) is 0 Å². The molecule has 0 aliphatic carbocycles. The number of phenols is 1. The first-order valence-corrected chi connectivity index (χ1v) is 11.7. The van der Waals surface area contributed by atoms with Crippen LogP contribution in [0.4, 0.5) is 5.69 Å². The van der Waals surface area contributed by atoms with Crippen LogP contribution in [0.2, 0.25) is 5.02 Å². The molecule has 4 aromatic rings. The van der Waals surface area contributed by atoms with E-state index in [2.05, 4.69) is 31.9 Å². The van der Waals surface area contributed by atoms with Gasteiger partial charge in [0.05, 0.1) is 28.6 Å². The Hall–Kier alpha value is -2.81. The highest BCUT2D eigenvalue weighted by Crippen LogP contribution is 2.45. The maximum Gasteiger partial charge on any atom is 0.295 e. The van der Waals surface area contributed by atoms with Crippen molar-refractivity contribution >= 4 is 66.0 Å². The first kappa shape index (κ1) is 22.0. The maximum absolute atomic E-state index is 13.7. The zero-order valence-electron chi connectivity index (χ0n) is 16.9. The third kappa shape index (κ3) is 3.53. The molecule has 1 aliphatic rings. The van der Waals surface area contributed by atoms with Crippen molar-refractivity contribution in [3.8, 4) is 11.5 Å². The number of halogens is 3. The van der Waals surface area contributed by atoms with E-state index in [1.807, 2.05) is 0 Å². The second-order valence-corrected chi connectivity index (χ2v) is 9.63. The summed E-state index contributed by atoms with van der Waals surface area (Å²) < 4.78 is 12.3. The van der Waals surface area contributed by atoms with E-state index in [0.29, 0.717) is 36.2 Å². The van der Waals surface area contributed by atoms with E-state index in [4.69, 9.17) is 20.8 Å². The van der Waals surface area contributed by atoms with Crippen molar-refractivity contribution in [2.75, 3.05) is 12.0 Å². The van der Waals surface area contributed by atoms with Crippen molar-refractivity contribution in [1.82, 2.24) is 0 Å². The number of carbonyl (C=O) groups is 1. The van der Waals surface area contributed by atoms with Gasteiger partial charge < -0.3 is 14.3 Å². The quantitative estimate of drug-likeness (QED) is 0.297. The molecule has 1 aromatic heterocycles. The lowest BCUT2D eigenvalue weighted by Crippen LogP contribution is -2.29. The van der Waals surface area contributed by atoms with Crippen molar-refractivity contribution in [2.24, 2.45) is 0 Å². The Balaban J connectivity index is 1.85. The number of methoxy groups -OCH3 is 1. The maximum atomic E-state index is 13.7. The Kier molecular flexibility index (Phi) is 5.47. The van der Waals surface area contributed by atoms with Gasteiger partial charge >= 0.3 is 0 Å². The molecule has 166 valence electrons. The fourth-order valence-corrected chi connectivity index (χ4v) is 5.07. The first-order chi connectivity index (χ1) is 15.8. The lowest BCUT2D eigenvalue weighted by Gasteiger charge is -2.26. The molecule has 0 radical (unpaired) electrons. The summed E-state index contributed by atoms with van der Waals surface area (Å²) in [6, 6.07) is 14.3. The van der Waals surface area contributed by atoms with Gasteiger partial charge in [0.25, 0.3) is 5.91 Å². The van der Waals surface area contributed by atoms with E-state index in [1.54, 1.807) is 54.6 Å². The molecule has 3 aromatic carbocycles. The average Bonchev–Trinajstić information content (AvgIpc) is 3.08. The molecule has 0 bridgehead atoms. The molecule has 6 nitrogen and oxygen atoms in total. The monoisotopic (exact) mass is 589 g/mol. The molecule has 1 amide bonds. The highest BCUT2D eigenvalue weighted by Gasteiger charge is 2.44. The third-order valence-electron chi connectivity index (χ3n) is 5.50. The number of aromatic hydroxyl groups is 1. The minimum Gasteiger partial charge on any atom is -0.503 e. The van der Waals surface area contributed by atoms with Crippen LogP contribution >= 0.6 is 43.5 Å².